The van der Waals surface area contributed by atoms with Crippen LogP contribution in [0, 0.1) is 0 Å². The molecule has 2 aromatic rings. The minimum absolute atomic E-state index is 0.328. The maximum Gasteiger partial charge on any atom is 0.416 e. The summed E-state index contributed by atoms with van der Waals surface area (Å²) in [5.74, 6) is 0. The quantitative estimate of drug-likeness (QED) is 0.827. The summed E-state index contributed by atoms with van der Waals surface area (Å²) in [6.07, 6.45) is -4.32. The van der Waals surface area contributed by atoms with E-state index in [9.17, 15) is 13.2 Å². The summed E-state index contributed by atoms with van der Waals surface area (Å²) in [5.41, 5.74) is 0.797. The average molecular weight is 330 g/mol. The third-order valence-electron chi connectivity index (χ3n) is 2.63. The molecule has 19 heavy (non-hydrogen) atoms. The summed E-state index contributed by atoms with van der Waals surface area (Å²) in [5, 5.41) is 3.08. The smallest absolute Gasteiger partial charge is 0.381 e. The maximum atomic E-state index is 12.6. The highest BCUT2D eigenvalue weighted by Crippen LogP contribution is 2.32. The molecule has 0 fully saturated rings. The van der Waals surface area contributed by atoms with Crippen LogP contribution in [0.3, 0.4) is 0 Å². The highest BCUT2D eigenvalue weighted by Gasteiger charge is 2.30. The lowest BCUT2D eigenvalue weighted by Gasteiger charge is -2.12. The normalized spacial score (nSPS) is 11.4. The zero-order chi connectivity index (χ0) is 13.9. The monoisotopic (exact) mass is 329 g/mol. The Hall–Kier alpha value is -1.49. The second-order valence-corrected chi connectivity index (χ2v) is 4.88. The van der Waals surface area contributed by atoms with Crippen molar-refractivity contribution in [1.82, 2.24) is 0 Å². The number of nitrogens with one attached hydrogen (secondary N) is 1. The fraction of sp³-hybridized carbons (Fsp3) is 0.143. The molecular formula is C14H11BrF3N. The number of hydrogen-bond donors (Lipinski definition) is 1. The molecule has 0 aromatic heterocycles. The lowest BCUT2D eigenvalue weighted by atomic mass is 10.1. The summed E-state index contributed by atoms with van der Waals surface area (Å²) in [4.78, 5) is 0. The number of anilines is 1. The topological polar surface area (TPSA) is 12.0 Å². The van der Waals surface area contributed by atoms with Crippen molar-refractivity contribution < 1.29 is 13.2 Å². The highest BCUT2D eigenvalue weighted by atomic mass is 79.9. The van der Waals surface area contributed by atoms with E-state index < -0.39 is 11.7 Å². The molecule has 0 aliphatic carbocycles. The van der Waals surface area contributed by atoms with E-state index in [1.807, 2.05) is 30.3 Å². The SMILES string of the molecule is FC(F)(F)c1ccc(Br)c(CNc2ccccc2)c1. The van der Waals surface area contributed by atoms with Crippen LogP contribution >= 0.6 is 15.9 Å². The van der Waals surface area contributed by atoms with Gasteiger partial charge >= 0.3 is 6.18 Å². The number of halogens is 4. The zero-order valence-electron chi connectivity index (χ0n) is 9.84. The first-order chi connectivity index (χ1) is 8.97. The second-order valence-electron chi connectivity index (χ2n) is 4.02. The van der Waals surface area contributed by atoms with Crippen LogP contribution in [0.15, 0.2) is 53.0 Å². The van der Waals surface area contributed by atoms with Crippen molar-refractivity contribution in [2.24, 2.45) is 0 Å². The predicted octanol–water partition coefficient (Wildman–Crippen LogP) is 5.08. The molecule has 0 saturated heterocycles. The van der Waals surface area contributed by atoms with E-state index in [1.165, 1.54) is 6.07 Å². The van der Waals surface area contributed by atoms with E-state index in [-0.39, 0.29) is 0 Å². The van der Waals surface area contributed by atoms with E-state index in [1.54, 1.807) is 0 Å². The summed E-state index contributed by atoms with van der Waals surface area (Å²) in [7, 11) is 0. The number of rotatable bonds is 3. The van der Waals surface area contributed by atoms with Crippen LogP contribution in [-0.2, 0) is 12.7 Å². The highest BCUT2D eigenvalue weighted by molar-refractivity contribution is 9.10. The minimum Gasteiger partial charge on any atom is -0.381 e. The fourth-order valence-corrected chi connectivity index (χ4v) is 2.03. The Morgan fingerprint density at radius 3 is 2.32 bits per heavy atom. The molecule has 0 heterocycles. The van der Waals surface area contributed by atoms with Crippen molar-refractivity contribution >= 4 is 21.6 Å². The molecular weight excluding hydrogens is 319 g/mol. The Morgan fingerprint density at radius 1 is 1.00 bits per heavy atom. The molecule has 0 amide bonds. The van der Waals surface area contributed by atoms with Crippen molar-refractivity contribution in [3.05, 3.63) is 64.1 Å². The molecule has 0 spiro atoms. The molecule has 0 unspecified atom stereocenters. The van der Waals surface area contributed by atoms with Crippen LogP contribution in [0.4, 0.5) is 18.9 Å². The fourth-order valence-electron chi connectivity index (χ4n) is 1.64. The Balaban J connectivity index is 2.16. The molecule has 0 aliphatic rings. The Kier molecular flexibility index (Phi) is 4.14. The van der Waals surface area contributed by atoms with E-state index in [0.29, 0.717) is 16.6 Å². The molecule has 100 valence electrons. The van der Waals surface area contributed by atoms with Crippen molar-refractivity contribution in [1.29, 1.82) is 0 Å². The van der Waals surface area contributed by atoms with E-state index in [0.717, 1.165) is 17.8 Å². The average Bonchev–Trinajstić information content (AvgIpc) is 2.37. The zero-order valence-corrected chi connectivity index (χ0v) is 11.4. The van der Waals surface area contributed by atoms with Gasteiger partial charge in [0.05, 0.1) is 5.56 Å². The van der Waals surface area contributed by atoms with Gasteiger partial charge in [-0.15, -0.1) is 0 Å². The van der Waals surface area contributed by atoms with Crippen molar-refractivity contribution in [3.63, 3.8) is 0 Å². The molecule has 0 radical (unpaired) electrons. The summed E-state index contributed by atoms with van der Waals surface area (Å²) >= 11 is 3.26. The summed E-state index contributed by atoms with van der Waals surface area (Å²) in [6, 6.07) is 13.0. The Labute approximate surface area is 117 Å². The van der Waals surface area contributed by atoms with Gasteiger partial charge in [0, 0.05) is 16.7 Å². The molecule has 1 N–H and O–H groups in total. The van der Waals surface area contributed by atoms with Gasteiger partial charge in [-0.2, -0.15) is 13.2 Å². The first kappa shape index (κ1) is 13.9. The third-order valence-corrected chi connectivity index (χ3v) is 3.40. The maximum absolute atomic E-state index is 12.6. The number of hydrogen-bond acceptors (Lipinski definition) is 1. The van der Waals surface area contributed by atoms with Crippen LogP contribution in [0.2, 0.25) is 0 Å². The van der Waals surface area contributed by atoms with Crippen LogP contribution in [0.1, 0.15) is 11.1 Å². The minimum atomic E-state index is -4.32. The van der Waals surface area contributed by atoms with Gasteiger partial charge in [0.15, 0.2) is 0 Å². The van der Waals surface area contributed by atoms with Gasteiger partial charge in [0.2, 0.25) is 0 Å². The first-order valence-electron chi connectivity index (χ1n) is 5.61. The molecule has 5 heteroatoms. The van der Waals surface area contributed by atoms with Gasteiger partial charge in [-0.3, -0.25) is 0 Å². The second kappa shape index (κ2) is 5.65. The molecule has 0 bridgehead atoms. The number of alkyl halides is 3. The van der Waals surface area contributed by atoms with Gasteiger partial charge in [0.1, 0.15) is 0 Å². The lowest BCUT2D eigenvalue weighted by Crippen LogP contribution is -2.07. The summed E-state index contributed by atoms with van der Waals surface area (Å²) < 4.78 is 38.5. The van der Waals surface area contributed by atoms with Crippen LogP contribution < -0.4 is 5.32 Å². The molecule has 0 aliphatic heterocycles. The first-order valence-corrected chi connectivity index (χ1v) is 6.40. The molecule has 0 saturated carbocycles. The Morgan fingerprint density at radius 2 is 1.68 bits per heavy atom. The van der Waals surface area contributed by atoms with Crippen LogP contribution in [0.25, 0.3) is 0 Å². The van der Waals surface area contributed by atoms with Gasteiger partial charge in [-0.25, -0.2) is 0 Å². The molecule has 0 atom stereocenters. The van der Waals surface area contributed by atoms with Crippen molar-refractivity contribution in [2.75, 3.05) is 5.32 Å². The number of para-hydroxylation sites is 1. The van der Waals surface area contributed by atoms with Crippen molar-refractivity contribution in [2.45, 2.75) is 12.7 Å². The van der Waals surface area contributed by atoms with Gasteiger partial charge in [0.25, 0.3) is 0 Å². The van der Waals surface area contributed by atoms with E-state index in [4.69, 9.17) is 0 Å². The third kappa shape index (κ3) is 3.73. The van der Waals surface area contributed by atoms with Gasteiger partial charge in [-0.1, -0.05) is 34.1 Å². The summed E-state index contributed by atoms with van der Waals surface area (Å²) in [6.45, 7) is 0.328. The lowest BCUT2D eigenvalue weighted by molar-refractivity contribution is -0.137. The van der Waals surface area contributed by atoms with Crippen LogP contribution in [0.5, 0.6) is 0 Å². The van der Waals surface area contributed by atoms with Crippen molar-refractivity contribution in [3.8, 4) is 0 Å². The van der Waals surface area contributed by atoms with Crippen LogP contribution in [-0.4, -0.2) is 0 Å². The number of benzene rings is 2. The van der Waals surface area contributed by atoms with Gasteiger partial charge < -0.3 is 5.32 Å². The van der Waals surface area contributed by atoms with Gasteiger partial charge in [-0.05, 0) is 35.9 Å². The molecule has 2 aromatic carbocycles. The Bertz CT molecular complexity index is 552. The van der Waals surface area contributed by atoms with E-state index >= 15 is 0 Å². The largest absolute Gasteiger partial charge is 0.416 e. The van der Waals surface area contributed by atoms with E-state index in [2.05, 4.69) is 21.2 Å². The predicted molar refractivity (Wildman–Crippen MR) is 72.9 cm³/mol. The standard InChI is InChI=1S/C14H11BrF3N/c15-13-7-6-11(14(16,17)18)8-10(13)9-19-12-4-2-1-3-5-12/h1-8,19H,9H2. The molecule has 1 nitrogen and oxygen atoms in total. The molecule has 2 rings (SSSR count).